The summed E-state index contributed by atoms with van der Waals surface area (Å²) in [4.78, 5) is 24.1. The fourth-order valence-electron chi connectivity index (χ4n) is 4.21. The minimum Gasteiger partial charge on any atom is -0.274 e. The smallest absolute Gasteiger partial charge is 0.240 e. The number of nitrogens with zero attached hydrogens (tertiary/aromatic N) is 1. The van der Waals surface area contributed by atoms with Crippen molar-refractivity contribution in [2.75, 3.05) is 4.90 Å². The number of carbonyl (C=O) groups is 2. The van der Waals surface area contributed by atoms with E-state index in [2.05, 4.69) is 0 Å². The van der Waals surface area contributed by atoms with Crippen molar-refractivity contribution in [3.05, 3.63) is 39.4 Å². The molecule has 2 bridgehead atoms. The minimum absolute atomic E-state index is 0.0916. The van der Waals surface area contributed by atoms with Gasteiger partial charge in [-0.1, -0.05) is 58.5 Å². The Bertz CT molecular complexity index is 882. The zero-order valence-corrected chi connectivity index (χ0v) is 18.0. The van der Waals surface area contributed by atoms with E-state index in [0.717, 1.165) is 16.0 Å². The first-order chi connectivity index (χ1) is 11.9. The molecular weight excluding hydrogens is 463 g/mol. The van der Waals surface area contributed by atoms with Crippen LogP contribution in [-0.2, 0) is 9.59 Å². The molecule has 2 fully saturated rings. The molecule has 1 saturated heterocycles. The largest absolute Gasteiger partial charge is 0.274 e. The summed E-state index contributed by atoms with van der Waals surface area (Å²) in [6.45, 7) is 3.71. The monoisotopic (exact) mass is 471 g/mol. The Morgan fingerprint density at radius 3 is 1.81 bits per heavy atom. The molecule has 9 heteroatoms. The highest BCUT2D eigenvalue weighted by Crippen LogP contribution is 2.77. The fourth-order valence-corrected chi connectivity index (χ4v) is 7.14. The summed E-state index contributed by atoms with van der Waals surface area (Å²) in [5.41, 5.74) is 2.20. The fraction of sp³-hybridized carbons (Fsp3) is 0.412. The highest BCUT2D eigenvalue weighted by molar-refractivity contribution is 6.67. The Morgan fingerprint density at radius 2 is 1.35 bits per heavy atom. The maximum Gasteiger partial charge on any atom is 0.240 e. The van der Waals surface area contributed by atoms with Gasteiger partial charge in [0, 0.05) is 0 Å². The Kier molecular flexibility index (Phi) is 4.03. The molecule has 1 aromatic carbocycles. The molecule has 1 aliphatic heterocycles. The lowest BCUT2D eigenvalue weighted by molar-refractivity contribution is -0.123. The second-order valence-corrected chi connectivity index (χ2v) is 10.1. The summed E-state index contributed by atoms with van der Waals surface area (Å²) in [6, 6.07) is 5.34. The van der Waals surface area contributed by atoms with Crippen LogP contribution >= 0.6 is 69.6 Å². The van der Waals surface area contributed by atoms with Crippen molar-refractivity contribution in [1.82, 2.24) is 0 Å². The average molecular weight is 474 g/mol. The summed E-state index contributed by atoms with van der Waals surface area (Å²) in [6.07, 6.45) is 0. The number of amides is 2. The van der Waals surface area contributed by atoms with E-state index in [9.17, 15) is 9.59 Å². The number of hydrogen-bond donors (Lipinski definition) is 0. The summed E-state index contributed by atoms with van der Waals surface area (Å²) in [7, 11) is 0. The van der Waals surface area contributed by atoms with E-state index in [1.54, 1.807) is 12.1 Å². The third-order valence-electron chi connectivity index (χ3n) is 5.73. The van der Waals surface area contributed by atoms with Gasteiger partial charge in [-0.3, -0.25) is 9.59 Å². The molecule has 0 spiro atoms. The number of anilines is 1. The number of fused-ring (bicyclic) bond motifs is 5. The minimum atomic E-state index is -1.91. The molecule has 0 radical (unpaired) electrons. The van der Waals surface area contributed by atoms with E-state index < -0.39 is 37.7 Å². The molecule has 2 aliphatic carbocycles. The van der Waals surface area contributed by atoms with Crippen LogP contribution in [0.25, 0.3) is 0 Å². The molecule has 26 heavy (non-hydrogen) atoms. The van der Waals surface area contributed by atoms with E-state index >= 15 is 0 Å². The lowest BCUT2D eigenvalue weighted by Crippen LogP contribution is -2.50. The van der Waals surface area contributed by atoms with Crippen LogP contribution < -0.4 is 4.90 Å². The number of halogens is 6. The molecule has 0 N–H and O–H groups in total. The first-order valence-electron chi connectivity index (χ1n) is 7.70. The van der Waals surface area contributed by atoms with Crippen LogP contribution in [-0.4, -0.2) is 25.9 Å². The molecular formula is C17H11Cl6NO2. The van der Waals surface area contributed by atoms with Gasteiger partial charge in [0.05, 0.1) is 27.6 Å². The van der Waals surface area contributed by atoms with E-state index in [-0.39, 0.29) is 10.1 Å². The van der Waals surface area contributed by atoms with Crippen LogP contribution in [0.2, 0.25) is 0 Å². The number of allylic oxidation sites excluding steroid dienone is 2. The molecule has 1 saturated carbocycles. The molecule has 0 unspecified atom stereocenters. The normalized spacial score (nSPS) is 37.8. The molecule has 1 heterocycles. The van der Waals surface area contributed by atoms with Gasteiger partial charge in [0.25, 0.3) is 0 Å². The van der Waals surface area contributed by atoms with E-state index in [0.29, 0.717) is 5.69 Å². The molecule has 4 rings (SSSR count). The lowest BCUT2D eigenvalue weighted by atomic mass is 9.84. The second-order valence-electron chi connectivity index (χ2n) is 6.81. The average Bonchev–Trinajstić information content (AvgIpc) is 2.95. The maximum absolute atomic E-state index is 13.3. The Labute approximate surface area is 180 Å². The van der Waals surface area contributed by atoms with Crippen LogP contribution in [0.4, 0.5) is 5.69 Å². The Hall–Kier alpha value is -0.160. The standard InChI is InChI=1S/C17H11Cl6NO2/c1-6-4-3-5-8(7(6)2)24-13(25)9-10(14(24)26)16(21)12(19)11(18)15(9,20)17(16,22)23/h3-5,9-10H,1-2H3/t9-,10+,15+,16-. The van der Waals surface area contributed by atoms with E-state index in [4.69, 9.17) is 69.6 Å². The number of carbonyl (C=O) groups excluding carboxylic acids is 2. The van der Waals surface area contributed by atoms with Gasteiger partial charge < -0.3 is 0 Å². The summed E-state index contributed by atoms with van der Waals surface area (Å²) in [5, 5.41) is -0.183. The number of rotatable bonds is 1. The van der Waals surface area contributed by atoms with Gasteiger partial charge in [0.2, 0.25) is 11.8 Å². The van der Waals surface area contributed by atoms with E-state index in [1.807, 2.05) is 19.9 Å². The highest BCUT2D eigenvalue weighted by Gasteiger charge is 2.87. The van der Waals surface area contributed by atoms with Crippen molar-refractivity contribution in [2.45, 2.75) is 27.9 Å². The quantitative estimate of drug-likeness (QED) is 0.412. The highest BCUT2D eigenvalue weighted by atomic mass is 35.5. The SMILES string of the molecule is Cc1cccc(N2C(=O)[C@@H]3[C@H](C2=O)[C@]2(Cl)C(Cl)=C(Cl)[C@@]3(Cl)C2(Cl)Cl)c1C. The van der Waals surface area contributed by atoms with Gasteiger partial charge in [-0.25, -0.2) is 4.90 Å². The first-order valence-corrected chi connectivity index (χ1v) is 9.96. The summed E-state index contributed by atoms with van der Waals surface area (Å²) >= 11 is 38.9. The number of imide groups is 1. The van der Waals surface area contributed by atoms with Crippen LogP contribution in [0.3, 0.4) is 0 Å². The molecule has 2 amide bonds. The first kappa shape index (κ1) is 19.2. The van der Waals surface area contributed by atoms with Crippen LogP contribution in [0, 0.1) is 25.7 Å². The van der Waals surface area contributed by atoms with Gasteiger partial charge in [-0.15, -0.1) is 23.2 Å². The molecule has 4 atom stereocenters. The molecule has 1 aromatic rings. The zero-order chi connectivity index (χ0) is 19.4. The van der Waals surface area contributed by atoms with Crippen LogP contribution in [0.5, 0.6) is 0 Å². The van der Waals surface area contributed by atoms with Gasteiger partial charge >= 0.3 is 0 Å². The summed E-state index contributed by atoms with van der Waals surface area (Å²) in [5.74, 6) is -3.31. The number of benzene rings is 1. The van der Waals surface area contributed by atoms with Crippen molar-refractivity contribution in [3.63, 3.8) is 0 Å². The van der Waals surface area contributed by atoms with Crippen LogP contribution in [0.1, 0.15) is 11.1 Å². The van der Waals surface area contributed by atoms with Crippen molar-refractivity contribution in [2.24, 2.45) is 11.8 Å². The second kappa shape index (κ2) is 5.46. The summed E-state index contributed by atoms with van der Waals surface area (Å²) < 4.78 is -1.91. The van der Waals surface area contributed by atoms with Crippen molar-refractivity contribution in [1.29, 1.82) is 0 Å². The molecule has 3 nitrogen and oxygen atoms in total. The molecule has 0 aromatic heterocycles. The lowest BCUT2D eigenvalue weighted by Gasteiger charge is -2.34. The number of alkyl halides is 4. The van der Waals surface area contributed by atoms with Crippen molar-refractivity contribution >= 4 is 87.1 Å². The predicted molar refractivity (Wildman–Crippen MR) is 106 cm³/mol. The third kappa shape index (κ3) is 1.77. The predicted octanol–water partition coefficient (Wildman–Crippen LogP) is 5.25. The van der Waals surface area contributed by atoms with E-state index in [1.165, 1.54) is 0 Å². The molecule has 138 valence electrons. The topological polar surface area (TPSA) is 37.4 Å². The van der Waals surface area contributed by atoms with Crippen LogP contribution in [0.15, 0.2) is 28.3 Å². The Morgan fingerprint density at radius 1 is 0.885 bits per heavy atom. The zero-order valence-electron chi connectivity index (χ0n) is 13.4. The number of aryl methyl sites for hydroxylation is 1. The van der Waals surface area contributed by atoms with Gasteiger partial charge in [-0.2, -0.15) is 0 Å². The van der Waals surface area contributed by atoms with Crippen molar-refractivity contribution in [3.8, 4) is 0 Å². The third-order valence-corrected chi connectivity index (χ3v) is 9.98. The molecule has 3 aliphatic rings. The van der Waals surface area contributed by atoms with Gasteiger partial charge in [0.1, 0.15) is 9.75 Å². The van der Waals surface area contributed by atoms with Crippen molar-refractivity contribution < 1.29 is 9.59 Å². The van der Waals surface area contributed by atoms with Gasteiger partial charge in [0.15, 0.2) is 4.33 Å². The Balaban J connectivity index is 1.94. The number of hydrogen-bond acceptors (Lipinski definition) is 2. The van der Waals surface area contributed by atoms with Gasteiger partial charge in [-0.05, 0) is 31.0 Å². The maximum atomic E-state index is 13.3.